The van der Waals surface area contributed by atoms with Crippen molar-refractivity contribution in [1.82, 2.24) is 35.1 Å². The first kappa shape index (κ1) is 38.3. The van der Waals surface area contributed by atoms with E-state index in [4.69, 9.17) is 20.4 Å². The van der Waals surface area contributed by atoms with Gasteiger partial charge in [0.05, 0.1) is 48.2 Å². The highest BCUT2D eigenvalue weighted by Gasteiger charge is 2.38. The largest absolute Gasteiger partial charge is 0.453 e. The Bertz CT molecular complexity index is 2070. The third-order valence-corrected chi connectivity index (χ3v) is 12.2. The van der Waals surface area contributed by atoms with Gasteiger partial charge in [-0.25, -0.2) is 14.8 Å². The Morgan fingerprint density at radius 3 is 2.22 bits per heavy atom. The van der Waals surface area contributed by atoms with Gasteiger partial charge in [-0.05, 0) is 96.6 Å². The number of aromatic amines is 2. The molecule has 2 aliphatic heterocycles. The Balaban J connectivity index is 1.02. The van der Waals surface area contributed by atoms with Crippen LogP contribution in [-0.2, 0) is 19.7 Å². The van der Waals surface area contributed by atoms with E-state index in [1.807, 2.05) is 43.7 Å². The SMILES string of the molecule is COC(=O)N[C@H](C(=O)N1CCC[C@H]1c1nc2cc(-c3ccc(C4(C)CC=C(c5cnc([C@@H]6CCCN6C(=O)[C@@H](N)C(C)C)[nH]5)CC4)cc3)ccc2[nH]1)C(C)C. The summed E-state index contributed by atoms with van der Waals surface area (Å²) in [6.07, 6.45) is 10.1. The van der Waals surface area contributed by atoms with Gasteiger partial charge in [0.25, 0.3) is 0 Å². The summed E-state index contributed by atoms with van der Waals surface area (Å²) < 4.78 is 4.78. The van der Waals surface area contributed by atoms with Gasteiger partial charge in [0, 0.05) is 13.1 Å². The Morgan fingerprint density at radius 2 is 1.58 bits per heavy atom. The van der Waals surface area contributed by atoms with E-state index in [0.29, 0.717) is 6.54 Å². The summed E-state index contributed by atoms with van der Waals surface area (Å²) in [5.41, 5.74) is 13.9. The predicted molar refractivity (Wildman–Crippen MR) is 214 cm³/mol. The van der Waals surface area contributed by atoms with Crippen LogP contribution >= 0.6 is 0 Å². The quantitative estimate of drug-likeness (QED) is 0.134. The molecule has 7 rings (SSSR count). The average Bonchev–Trinajstić information content (AvgIpc) is 4.02. The maximum Gasteiger partial charge on any atom is 0.407 e. The molecular weight excluding hydrogens is 693 g/mol. The van der Waals surface area contributed by atoms with Crippen molar-refractivity contribution in [2.75, 3.05) is 20.2 Å². The van der Waals surface area contributed by atoms with E-state index < -0.39 is 18.2 Å². The fourth-order valence-corrected chi connectivity index (χ4v) is 8.55. The van der Waals surface area contributed by atoms with Crippen molar-refractivity contribution in [1.29, 1.82) is 0 Å². The molecule has 0 bridgehead atoms. The number of nitrogens with two attached hydrogens (primary N) is 1. The molecule has 3 amide bonds. The second-order valence-corrected chi connectivity index (χ2v) is 16.6. The summed E-state index contributed by atoms with van der Waals surface area (Å²) in [6.45, 7) is 11.5. The molecule has 3 aliphatic rings. The minimum absolute atomic E-state index is 0.0128. The maximum absolute atomic E-state index is 13.6. The van der Waals surface area contributed by atoms with Crippen molar-refractivity contribution in [3.05, 3.63) is 77.6 Å². The predicted octanol–water partition coefficient (Wildman–Crippen LogP) is 7.17. The standard InChI is InChI=1S/C43H56N8O4/c1-25(2)36(44)40(52)50-21-7-9-34(50)38-45-24-33(48-38)28-17-19-43(5,20-18-28)30-14-11-27(12-15-30)29-13-16-31-32(23-29)47-39(46-31)35-10-8-22-51(35)41(53)37(26(3)4)49-42(54)55-6/h11-17,23-26,34-37H,7-10,18-22,44H2,1-6H3,(H,45,48)(H,46,47)(H,49,54)/t34-,35-,36-,37-,43?/m0/s1. The Hall–Kier alpha value is -4.97. The van der Waals surface area contributed by atoms with Crippen LogP contribution in [0.1, 0.15) is 115 Å². The molecule has 4 aromatic rings. The first-order chi connectivity index (χ1) is 26.4. The first-order valence-corrected chi connectivity index (χ1v) is 19.9. The van der Waals surface area contributed by atoms with Crippen molar-refractivity contribution >= 4 is 34.5 Å². The number of methoxy groups -OCH3 is 1. The second-order valence-electron chi connectivity index (χ2n) is 16.6. The first-order valence-electron chi connectivity index (χ1n) is 19.9. The summed E-state index contributed by atoms with van der Waals surface area (Å²) in [5, 5.41) is 2.72. The molecule has 12 heteroatoms. The number of allylic oxidation sites excluding steroid dienone is 2. The number of rotatable bonds is 10. The van der Waals surface area contributed by atoms with Crippen LogP contribution in [0.15, 0.2) is 54.7 Å². The van der Waals surface area contributed by atoms with E-state index in [-0.39, 0.29) is 41.1 Å². The summed E-state index contributed by atoms with van der Waals surface area (Å²) >= 11 is 0. The molecule has 292 valence electrons. The van der Waals surface area contributed by atoms with Gasteiger partial charge in [0.15, 0.2) is 0 Å². The number of ether oxygens (including phenoxy) is 1. The van der Waals surface area contributed by atoms with E-state index in [2.05, 4.69) is 70.7 Å². The van der Waals surface area contributed by atoms with Crippen molar-refractivity contribution in [2.24, 2.45) is 17.6 Å². The van der Waals surface area contributed by atoms with Crippen LogP contribution in [0.3, 0.4) is 0 Å². The van der Waals surface area contributed by atoms with Gasteiger partial charge >= 0.3 is 6.09 Å². The smallest absolute Gasteiger partial charge is 0.407 e. The molecule has 2 saturated heterocycles. The van der Waals surface area contributed by atoms with Gasteiger partial charge in [-0.15, -0.1) is 0 Å². The molecule has 12 nitrogen and oxygen atoms in total. The molecule has 1 unspecified atom stereocenters. The fraction of sp³-hybridized carbons (Fsp3) is 0.512. The van der Waals surface area contributed by atoms with E-state index in [9.17, 15) is 14.4 Å². The molecule has 5 atom stereocenters. The van der Waals surface area contributed by atoms with Gasteiger partial charge < -0.3 is 35.6 Å². The second kappa shape index (κ2) is 15.6. The van der Waals surface area contributed by atoms with Crippen LogP contribution in [0, 0.1) is 11.8 Å². The minimum Gasteiger partial charge on any atom is -0.453 e. The lowest BCUT2D eigenvalue weighted by Crippen LogP contribution is -2.51. The highest BCUT2D eigenvalue weighted by molar-refractivity contribution is 5.87. The summed E-state index contributed by atoms with van der Waals surface area (Å²) in [7, 11) is 1.30. The Morgan fingerprint density at radius 1 is 0.909 bits per heavy atom. The van der Waals surface area contributed by atoms with Crippen LogP contribution in [0.5, 0.6) is 0 Å². The lowest BCUT2D eigenvalue weighted by molar-refractivity contribution is -0.136. The molecule has 2 fully saturated rings. The molecule has 5 N–H and O–H groups in total. The van der Waals surface area contributed by atoms with Crippen LogP contribution in [-0.4, -0.2) is 79.9 Å². The Kier molecular flexibility index (Phi) is 10.9. The van der Waals surface area contributed by atoms with E-state index in [1.54, 1.807) is 0 Å². The number of benzene rings is 2. The van der Waals surface area contributed by atoms with Crippen molar-refractivity contribution in [2.45, 2.75) is 109 Å². The molecule has 2 aromatic carbocycles. The number of carbonyl (C=O) groups is 3. The lowest BCUT2D eigenvalue weighted by atomic mass is 9.71. The van der Waals surface area contributed by atoms with Gasteiger partial charge in [-0.1, -0.05) is 71.0 Å². The molecule has 0 saturated carbocycles. The monoisotopic (exact) mass is 748 g/mol. The maximum atomic E-state index is 13.6. The number of hydrogen-bond acceptors (Lipinski definition) is 7. The molecule has 55 heavy (non-hydrogen) atoms. The van der Waals surface area contributed by atoms with Crippen LogP contribution in [0.2, 0.25) is 0 Å². The molecular formula is C43H56N8O4. The van der Waals surface area contributed by atoms with Gasteiger partial charge in [0.2, 0.25) is 11.8 Å². The molecule has 0 spiro atoms. The van der Waals surface area contributed by atoms with E-state index in [0.717, 1.165) is 91.0 Å². The minimum atomic E-state index is -0.674. The van der Waals surface area contributed by atoms with Crippen molar-refractivity contribution in [3.63, 3.8) is 0 Å². The van der Waals surface area contributed by atoms with Crippen molar-refractivity contribution in [3.8, 4) is 11.1 Å². The zero-order valence-electron chi connectivity index (χ0n) is 33.0. The third-order valence-electron chi connectivity index (χ3n) is 12.2. The molecule has 1 aliphatic carbocycles. The Labute approximate surface area is 323 Å². The number of likely N-dealkylation sites (tertiary alicyclic amines) is 2. The number of alkyl carbamates (subject to hydrolysis) is 1. The zero-order valence-corrected chi connectivity index (χ0v) is 33.0. The van der Waals surface area contributed by atoms with Crippen molar-refractivity contribution < 1.29 is 19.1 Å². The summed E-state index contributed by atoms with van der Waals surface area (Å²) in [4.78, 5) is 59.2. The number of nitrogens with zero attached hydrogens (tertiary/aromatic N) is 4. The lowest BCUT2D eigenvalue weighted by Gasteiger charge is -2.33. The van der Waals surface area contributed by atoms with Crippen LogP contribution < -0.4 is 11.1 Å². The summed E-state index contributed by atoms with van der Waals surface area (Å²) in [6, 6.07) is 13.8. The third kappa shape index (κ3) is 7.65. The van der Waals surface area contributed by atoms with E-state index in [1.165, 1.54) is 18.2 Å². The van der Waals surface area contributed by atoms with E-state index >= 15 is 0 Å². The topological polar surface area (TPSA) is 162 Å². The highest BCUT2D eigenvalue weighted by Crippen LogP contribution is 2.42. The number of H-pyrrole nitrogens is 2. The average molecular weight is 749 g/mol. The molecule has 0 radical (unpaired) electrons. The van der Waals surface area contributed by atoms with Gasteiger partial charge in [-0.2, -0.15) is 0 Å². The molecule has 2 aromatic heterocycles. The fourth-order valence-electron chi connectivity index (χ4n) is 8.55. The molecule has 4 heterocycles. The number of amides is 3. The van der Waals surface area contributed by atoms with Gasteiger partial charge in [-0.3, -0.25) is 9.59 Å². The number of hydrogen-bond donors (Lipinski definition) is 4. The van der Waals surface area contributed by atoms with Crippen LogP contribution in [0.25, 0.3) is 27.7 Å². The number of fused-ring (bicyclic) bond motifs is 1. The van der Waals surface area contributed by atoms with Gasteiger partial charge in [0.1, 0.15) is 17.7 Å². The number of imidazole rings is 2. The normalized spacial score (nSPS) is 22.7. The van der Waals surface area contributed by atoms with Crippen LogP contribution in [0.4, 0.5) is 4.79 Å². The zero-order chi connectivity index (χ0) is 39.0. The number of nitrogens with one attached hydrogen (secondary N) is 3. The summed E-state index contributed by atoms with van der Waals surface area (Å²) in [5.74, 6) is 1.51. The number of carbonyl (C=O) groups excluding carboxylic acids is 3. The number of aromatic nitrogens is 4. The highest BCUT2D eigenvalue weighted by atomic mass is 16.5.